The maximum atomic E-state index is 13.0. The Morgan fingerprint density at radius 3 is 2.71 bits per heavy atom. The van der Waals surface area contributed by atoms with Gasteiger partial charge in [-0.05, 0) is 29.3 Å². The van der Waals surface area contributed by atoms with E-state index in [-0.39, 0.29) is 31.7 Å². The second-order valence-electron chi connectivity index (χ2n) is 6.64. The third-order valence-corrected chi connectivity index (χ3v) is 4.72. The Labute approximate surface area is 161 Å². The van der Waals surface area contributed by atoms with E-state index >= 15 is 0 Å². The maximum absolute atomic E-state index is 13.0. The summed E-state index contributed by atoms with van der Waals surface area (Å²) in [5, 5.41) is 2.48. The number of fused-ring (bicyclic) bond motifs is 1. The SMILES string of the molecule is CN(Cc1ccc2c(c1)OCO2)C(=O)c1ccccc1CN1C(=O)CNC1=O. The first-order chi connectivity index (χ1) is 13.5. The molecule has 144 valence electrons. The minimum atomic E-state index is -0.444. The van der Waals surface area contributed by atoms with Gasteiger partial charge in [0, 0.05) is 19.2 Å². The number of carbonyl (C=O) groups excluding carboxylic acids is 3. The van der Waals surface area contributed by atoms with Crippen molar-refractivity contribution in [3.63, 3.8) is 0 Å². The molecule has 2 aliphatic heterocycles. The van der Waals surface area contributed by atoms with Crippen molar-refractivity contribution in [2.45, 2.75) is 13.1 Å². The monoisotopic (exact) mass is 381 g/mol. The predicted molar refractivity (Wildman–Crippen MR) is 98.8 cm³/mol. The first kappa shape index (κ1) is 17.8. The summed E-state index contributed by atoms with van der Waals surface area (Å²) in [6.45, 7) is 0.625. The van der Waals surface area contributed by atoms with Crippen molar-refractivity contribution in [2.75, 3.05) is 20.4 Å². The number of benzene rings is 2. The smallest absolute Gasteiger partial charge is 0.324 e. The summed E-state index contributed by atoms with van der Waals surface area (Å²) >= 11 is 0. The summed E-state index contributed by atoms with van der Waals surface area (Å²) in [6.07, 6.45) is 0. The second kappa shape index (κ2) is 7.22. The molecule has 0 spiro atoms. The third kappa shape index (κ3) is 3.36. The van der Waals surface area contributed by atoms with Gasteiger partial charge in [0.15, 0.2) is 11.5 Å². The molecule has 0 atom stereocenters. The van der Waals surface area contributed by atoms with E-state index in [2.05, 4.69) is 5.32 Å². The summed E-state index contributed by atoms with van der Waals surface area (Å²) in [5.74, 6) is 0.857. The average molecular weight is 381 g/mol. The number of nitrogens with one attached hydrogen (secondary N) is 1. The predicted octanol–water partition coefficient (Wildman–Crippen LogP) is 1.74. The zero-order valence-corrected chi connectivity index (χ0v) is 15.3. The molecule has 0 bridgehead atoms. The van der Waals surface area contributed by atoms with E-state index < -0.39 is 6.03 Å². The fourth-order valence-electron chi connectivity index (χ4n) is 3.24. The number of rotatable bonds is 5. The molecule has 2 aromatic rings. The fraction of sp³-hybridized carbons (Fsp3) is 0.250. The Morgan fingerprint density at radius 1 is 1.14 bits per heavy atom. The van der Waals surface area contributed by atoms with Crippen LogP contribution in [0.3, 0.4) is 0 Å². The van der Waals surface area contributed by atoms with Crippen molar-refractivity contribution in [2.24, 2.45) is 0 Å². The van der Waals surface area contributed by atoms with Gasteiger partial charge < -0.3 is 19.7 Å². The van der Waals surface area contributed by atoms with Gasteiger partial charge in [0.2, 0.25) is 12.7 Å². The highest BCUT2D eigenvalue weighted by atomic mass is 16.7. The minimum Gasteiger partial charge on any atom is -0.454 e. The van der Waals surface area contributed by atoms with Crippen LogP contribution in [-0.2, 0) is 17.9 Å². The topological polar surface area (TPSA) is 88.2 Å². The molecule has 28 heavy (non-hydrogen) atoms. The van der Waals surface area contributed by atoms with Crippen molar-refractivity contribution in [3.05, 3.63) is 59.2 Å². The van der Waals surface area contributed by atoms with Crippen LogP contribution < -0.4 is 14.8 Å². The largest absolute Gasteiger partial charge is 0.454 e. The highest BCUT2D eigenvalue weighted by Gasteiger charge is 2.29. The Bertz CT molecular complexity index is 943. The Hall–Kier alpha value is -3.55. The number of amides is 4. The van der Waals surface area contributed by atoms with Gasteiger partial charge in [0.05, 0.1) is 13.1 Å². The number of carbonyl (C=O) groups is 3. The van der Waals surface area contributed by atoms with Crippen LogP contribution in [-0.4, -0.2) is 48.0 Å². The highest BCUT2D eigenvalue weighted by molar-refractivity contribution is 6.02. The summed E-state index contributed by atoms with van der Waals surface area (Å²) < 4.78 is 10.7. The van der Waals surface area contributed by atoms with E-state index in [1.807, 2.05) is 18.2 Å². The van der Waals surface area contributed by atoms with Crippen molar-refractivity contribution in [3.8, 4) is 11.5 Å². The summed E-state index contributed by atoms with van der Waals surface area (Å²) in [4.78, 5) is 39.4. The number of urea groups is 1. The molecule has 1 N–H and O–H groups in total. The van der Waals surface area contributed by atoms with Crippen LogP contribution in [0.4, 0.5) is 4.79 Å². The van der Waals surface area contributed by atoms with Crippen LogP contribution in [0.2, 0.25) is 0 Å². The molecule has 0 saturated carbocycles. The molecule has 2 aromatic carbocycles. The molecular formula is C20H19N3O5. The molecule has 1 saturated heterocycles. The number of hydrogen-bond donors (Lipinski definition) is 1. The van der Waals surface area contributed by atoms with Crippen molar-refractivity contribution in [1.29, 1.82) is 0 Å². The molecular weight excluding hydrogens is 362 g/mol. The second-order valence-corrected chi connectivity index (χ2v) is 6.64. The van der Waals surface area contributed by atoms with Crippen LogP contribution in [0.5, 0.6) is 11.5 Å². The lowest BCUT2D eigenvalue weighted by Crippen LogP contribution is -2.32. The van der Waals surface area contributed by atoms with Crippen LogP contribution >= 0.6 is 0 Å². The first-order valence-corrected chi connectivity index (χ1v) is 8.83. The number of nitrogens with zero attached hydrogens (tertiary/aromatic N) is 2. The zero-order valence-electron chi connectivity index (χ0n) is 15.3. The lowest BCUT2D eigenvalue weighted by atomic mass is 10.1. The Kier molecular flexibility index (Phi) is 4.60. The van der Waals surface area contributed by atoms with Gasteiger partial charge in [0.1, 0.15) is 0 Å². The van der Waals surface area contributed by atoms with Crippen molar-refractivity contribution < 1.29 is 23.9 Å². The Morgan fingerprint density at radius 2 is 1.93 bits per heavy atom. The standard InChI is InChI=1S/C20H19N3O5/c1-22(10-13-6-7-16-17(8-13)28-12-27-16)19(25)15-5-3-2-4-14(15)11-23-18(24)9-21-20(23)26/h2-8H,9-12H2,1H3,(H,21,26). The van der Waals surface area contributed by atoms with Gasteiger partial charge in [-0.15, -0.1) is 0 Å². The van der Waals surface area contributed by atoms with Crippen molar-refractivity contribution >= 4 is 17.8 Å². The van der Waals surface area contributed by atoms with Gasteiger partial charge in [-0.2, -0.15) is 0 Å². The molecule has 1 fully saturated rings. The summed E-state index contributed by atoms with van der Waals surface area (Å²) in [7, 11) is 1.71. The van der Waals surface area contributed by atoms with Gasteiger partial charge in [-0.25, -0.2) is 4.79 Å². The van der Waals surface area contributed by atoms with Crippen LogP contribution in [0.15, 0.2) is 42.5 Å². The average Bonchev–Trinajstić information content (AvgIpc) is 3.29. The molecule has 8 nitrogen and oxygen atoms in total. The number of hydrogen-bond acceptors (Lipinski definition) is 5. The summed E-state index contributed by atoms with van der Waals surface area (Å²) in [5.41, 5.74) is 1.99. The quantitative estimate of drug-likeness (QED) is 0.797. The Balaban J connectivity index is 1.51. The molecule has 0 radical (unpaired) electrons. The molecule has 0 unspecified atom stereocenters. The van der Waals surface area contributed by atoms with Gasteiger partial charge in [-0.1, -0.05) is 24.3 Å². The van der Waals surface area contributed by atoms with Gasteiger partial charge in [-0.3, -0.25) is 14.5 Å². The molecule has 0 aliphatic carbocycles. The molecule has 4 amide bonds. The van der Waals surface area contributed by atoms with E-state index in [1.54, 1.807) is 36.2 Å². The van der Waals surface area contributed by atoms with E-state index in [0.717, 1.165) is 10.5 Å². The van der Waals surface area contributed by atoms with E-state index in [4.69, 9.17) is 9.47 Å². The minimum absolute atomic E-state index is 0.0149. The number of ether oxygens (including phenoxy) is 2. The van der Waals surface area contributed by atoms with Crippen LogP contribution in [0.1, 0.15) is 21.5 Å². The maximum Gasteiger partial charge on any atom is 0.324 e. The molecule has 2 heterocycles. The third-order valence-electron chi connectivity index (χ3n) is 4.72. The highest BCUT2D eigenvalue weighted by Crippen LogP contribution is 2.32. The van der Waals surface area contributed by atoms with Crippen LogP contribution in [0, 0.1) is 0 Å². The van der Waals surface area contributed by atoms with E-state index in [9.17, 15) is 14.4 Å². The molecule has 4 rings (SSSR count). The first-order valence-electron chi connectivity index (χ1n) is 8.83. The van der Waals surface area contributed by atoms with Gasteiger partial charge >= 0.3 is 6.03 Å². The lowest BCUT2D eigenvalue weighted by Gasteiger charge is -2.21. The van der Waals surface area contributed by atoms with Crippen LogP contribution in [0.25, 0.3) is 0 Å². The number of imide groups is 1. The summed E-state index contributed by atoms with van der Waals surface area (Å²) in [6, 6.07) is 12.1. The molecule has 8 heteroatoms. The zero-order chi connectivity index (χ0) is 19.7. The van der Waals surface area contributed by atoms with Crippen molar-refractivity contribution in [1.82, 2.24) is 15.1 Å². The molecule has 2 aliphatic rings. The van der Waals surface area contributed by atoms with E-state index in [1.165, 1.54) is 0 Å². The lowest BCUT2D eigenvalue weighted by molar-refractivity contribution is -0.125. The fourth-order valence-corrected chi connectivity index (χ4v) is 3.24. The molecule has 0 aromatic heterocycles. The van der Waals surface area contributed by atoms with Gasteiger partial charge in [0.25, 0.3) is 5.91 Å². The normalized spacial score (nSPS) is 15.0. The van der Waals surface area contributed by atoms with E-state index in [0.29, 0.717) is 29.2 Å².